The van der Waals surface area contributed by atoms with E-state index in [-0.39, 0.29) is 6.41 Å². The van der Waals surface area contributed by atoms with Gasteiger partial charge < -0.3 is 5.73 Å². The number of aryl methyl sites for hydroxylation is 1. The molecule has 1 amide bonds. The Bertz CT molecular complexity index is 529. The fraction of sp³-hybridized carbons (Fsp3) is 0.176. The lowest BCUT2D eigenvalue weighted by Crippen LogP contribution is -1.88. The molecule has 1 aromatic carbocycles. The molecule has 0 fully saturated rings. The van der Waals surface area contributed by atoms with E-state index in [9.17, 15) is 0 Å². The van der Waals surface area contributed by atoms with Crippen LogP contribution in [0.25, 0.3) is 6.08 Å². The fourth-order valence-electron chi connectivity index (χ4n) is 1.61. The molecule has 1 aliphatic rings. The van der Waals surface area contributed by atoms with Crippen LogP contribution in [0.3, 0.4) is 0 Å². The highest BCUT2D eigenvalue weighted by Crippen LogP contribution is 2.13. The number of amides is 1. The van der Waals surface area contributed by atoms with Crippen molar-refractivity contribution in [1.29, 1.82) is 0 Å². The predicted octanol–water partition coefficient (Wildman–Crippen LogP) is 3.40. The zero-order valence-electron chi connectivity index (χ0n) is 11.3. The third kappa shape index (κ3) is 5.71. The first-order valence-electron chi connectivity index (χ1n) is 6.17. The van der Waals surface area contributed by atoms with Crippen LogP contribution >= 0.6 is 0 Å². The normalized spacial score (nSPS) is 16.7. The van der Waals surface area contributed by atoms with Gasteiger partial charge in [-0.2, -0.15) is 0 Å². The summed E-state index contributed by atoms with van der Waals surface area (Å²) < 4.78 is 0. The smallest absolute Gasteiger partial charge is 0.204 e. The maximum atomic E-state index is 8.58. The van der Waals surface area contributed by atoms with Gasteiger partial charge in [-0.1, -0.05) is 54.1 Å². The lowest BCUT2D eigenvalue weighted by Gasteiger charge is -2.03. The molecule has 0 heterocycles. The maximum absolute atomic E-state index is 8.58. The lowest BCUT2D eigenvalue weighted by atomic mass is 10.0. The Morgan fingerprint density at radius 1 is 1.21 bits per heavy atom. The highest BCUT2D eigenvalue weighted by atomic mass is 16.1. The first kappa shape index (κ1) is 14.7. The summed E-state index contributed by atoms with van der Waals surface area (Å²) in [5.41, 5.74) is 11.1. The molecular weight excluding hydrogens is 234 g/mol. The first-order valence-corrected chi connectivity index (χ1v) is 6.17. The molecule has 2 N–H and O–H groups in total. The van der Waals surface area contributed by atoms with Gasteiger partial charge >= 0.3 is 0 Å². The molecule has 0 aliphatic heterocycles. The number of primary amides is 1. The van der Waals surface area contributed by atoms with Gasteiger partial charge in [0.05, 0.1) is 0 Å². The van der Waals surface area contributed by atoms with Crippen molar-refractivity contribution in [2.24, 2.45) is 11.7 Å². The molecule has 1 aliphatic carbocycles. The van der Waals surface area contributed by atoms with Crippen LogP contribution in [0.2, 0.25) is 0 Å². The average molecular weight is 253 g/mol. The number of hydrogen-bond donors (Lipinski definition) is 1. The number of carbonyl (C=O) groups is 1. The molecule has 2 heteroatoms. The number of carbonyl (C=O) groups excluding carboxylic acids is 1. The molecular formula is C17H19NO. The van der Waals surface area contributed by atoms with Crippen LogP contribution in [-0.2, 0) is 4.79 Å². The van der Waals surface area contributed by atoms with Gasteiger partial charge in [-0.05, 0) is 31.1 Å². The minimum atomic E-state index is 0.250. The van der Waals surface area contributed by atoms with Crippen LogP contribution in [0.1, 0.15) is 18.1 Å². The molecule has 0 saturated carbocycles. The first-order chi connectivity index (χ1) is 9.15. The predicted molar refractivity (Wildman–Crippen MR) is 80.4 cm³/mol. The van der Waals surface area contributed by atoms with Crippen molar-refractivity contribution in [3.05, 3.63) is 71.0 Å². The van der Waals surface area contributed by atoms with Crippen LogP contribution in [-0.4, -0.2) is 6.41 Å². The van der Waals surface area contributed by atoms with Crippen molar-refractivity contribution in [2.45, 2.75) is 13.8 Å². The quantitative estimate of drug-likeness (QED) is 0.637. The van der Waals surface area contributed by atoms with E-state index in [2.05, 4.69) is 80.0 Å². The van der Waals surface area contributed by atoms with Gasteiger partial charge in [-0.3, -0.25) is 4.79 Å². The van der Waals surface area contributed by atoms with Gasteiger partial charge in [0.15, 0.2) is 0 Å². The molecule has 0 bridgehead atoms. The zero-order valence-corrected chi connectivity index (χ0v) is 11.3. The van der Waals surface area contributed by atoms with E-state index in [1.807, 2.05) is 0 Å². The lowest BCUT2D eigenvalue weighted by molar-refractivity contribution is -0.106. The SMILES string of the molecule is CC1=C=CC(/C=C/c2ccc(C)cc2)C=C1.NC=O. The molecule has 1 unspecified atom stereocenters. The Morgan fingerprint density at radius 3 is 2.37 bits per heavy atom. The Hall–Kier alpha value is -2.31. The Labute approximate surface area is 114 Å². The molecule has 0 radical (unpaired) electrons. The van der Waals surface area contributed by atoms with Crippen LogP contribution < -0.4 is 5.73 Å². The number of benzene rings is 1. The monoisotopic (exact) mass is 253 g/mol. The van der Waals surface area contributed by atoms with Crippen molar-refractivity contribution < 1.29 is 4.79 Å². The highest BCUT2D eigenvalue weighted by molar-refractivity contribution is 5.51. The van der Waals surface area contributed by atoms with E-state index < -0.39 is 0 Å². The summed E-state index contributed by atoms with van der Waals surface area (Å²) >= 11 is 0. The number of rotatable bonds is 2. The summed E-state index contributed by atoms with van der Waals surface area (Å²) in [6.07, 6.45) is 11.0. The third-order valence-electron chi connectivity index (χ3n) is 2.66. The fourth-order valence-corrected chi connectivity index (χ4v) is 1.61. The molecule has 2 nitrogen and oxygen atoms in total. The molecule has 19 heavy (non-hydrogen) atoms. The standard InChI is InChI=1S/C16H16.CH3NO/c1-13-3-7-15(8-4-13)11-12-16-9-5-14(2)6-10-16;2-1-3/h3-5,7-12,16H,1-2H3;1H,(H2,2,3)/b12-11+;. The van der Waals surface area contributed by atoms with Gasteiger partial charge in [0.25, 0.3) is 0 Å². The summed E-state index contributed by atoms with van der Waals surface area (Å²) in [6, 6.07) is 8.55. The van der Waals surface area contributed by atoms with Gasteiger partial charge in [-0.15, -0.1) is 5.73 Å². The largest absolute Gasteiger partial charge is 0.372 e. The minimum Gasteiger partial charge on any atom is -0.372 e. The highest BCUT2D eigenvalue weighted by Gasteiger charge is 1.97. The Morgan fingerprint density at radius 2 is 1.84 bits per heavy atom. The van der Waals surface area contributed by atoms with Crippen molar-refractivity contribution in [3.8, 4) is 0 Å². The number of allylic oxidation sites excluding steroid dienone is 4. The van der Waals surface area contributed by atoms with Crippen molar-refractivity contribution in [3.63, 3.8) is 0 Å². The van der Waals surface area contributed by atoms with Crippen molar-refractivity contribution in [1.82, 2.24) is 0 Å². The molecule has 1 aromatic rings. The second-order valence-corrected chi connectivity index (χ2v) is 4.34. The van der Waals surface area contributed by atoms with E-state index in [0.717, 1.165) is 0 Å². The molecule has 0 saturated heterocycles. The second-order valence-electron chi connectivity index (χ2n) is 4.34. The van der Waals surface area contributed by atoms with E-state index in [1.54, 1.807) is 0 Å². The van der Waals surface area contributed by atoms with E-state index in [0.29, 0.717) is 5.92 Å². The maximum Gasteiger partial charge on any atom is 0.204 e. The molecule has 0 aromatic heterocycles. The van der Waals surface area contributed by atoms with Crippen LogP contribution in [0, 0.1) is 12.8 Å². The van der Waals surface area contributed by atoms with E-state index >= 15 is 0 Å². The van der Waals surface area contributed by atoms with Gasteiger partial charge in [-0.25, -0.2) is 0 Å². The summed E-state index contributed by atoms with van der Waals surface area (Å²) in [5, 5.41) is 0. The van der Waals surface area contributed by atoms with E-state index in [1.165, 1.54) is 16.7 Å². The number of hydrogen-bond acceptors (Lipinski definition) is 1. The average Bonchev–Trinajstić information content (AvgIpc) is 2.41. The molecule has 98 valence electrons. The van der Waals surface area contributed by atoms with Crippen LogP contribution in [0.5, 0.6) is 0 Å². The summed E-state index contributed by atoms with van der Waals surface area (Å²) in [4.78, 5) is 8.58. The van der Waals surface area contributed by atoms with E-state index in [4.69, 9.17) is 4.79 Å². The topological polar surface area (TPSA) is 43.1 Å². The Balaban J connectivity index is 0.000000550. The van der Waals surface area contributed by atoms with Gasteiger partial charge in [0.2, 0.25) is 6.41 Å². The third-order valence-corrected chi connectivity index (χ3v) is 2.66. The summed E-state index contributed by atoms with van der Waals surface area (Å²) in [6.45, 7) is 4.17. The number of nitrogens with two attached hydrogens (primary N) is 1. The van der Waals surface area contributed by atoms with Gasteiger partial charge in [0.1, 0.15) is 0 Å². The molecule has 1 atom stereocenters. The summed E-state index contributed by atoms with van der Waals surface area (Å²) in [5.74, 6) is 0.380. The summed E-state index contributed by atoms with van der Waals surface area (Å²) in [7, 11) is 0. The second kappa shape index (κ2) is 7.91. The van der Waals surface area contributed by atoms with Gasteiger partial charge in [0, 0.05) is 5.92 Å². The van der Waals surface area contributed by atoms with Crippen molar-refractivity contribution in [2.75, 3.05) is 0 Å². The molecule has 2 rings (SSSR count). The zero-order chi connectivity index (χ0) is 14.1. The van der Waals surface area contributed by atoms with Crippen LogP contribution in [0.4, 0.5) is 0 Å². The van der Waals surface area contributed by atoms with Crippen LogP contribution in [0.15, 0.2) is 59.9 Å². The molecule has 0 spiro atoms. The Kier molecular flexibility index (Phi) is 6.14. The minimum absolute atomic E-state index is 0.250. The van der Waals surface area contributed by atoms with Crippen molar-refractivity contribution >= 4 is 12.5 Å².